The molecule has 9 nitrogen and oxygen atoms in total. The quantitative estimate of drug-likeness (QED) is 0.687. The second-order valence-corrected chi connectivity index (χ2v) is 8.79. The lowest BCUT2D eigenvalue weighted by Crippen LogP contribution is -2.68. The predicted octanol–water partition coefficient (Wildman–Crippen LogP) is 2.80. The Morgan fingerprint density at radius 2 is 2.14 bits per heavy atom. The molecule has 0 spiro atoms. The van der Waals surface area contributed by atoms with E-state index in [1.54, 1.807) is 6.07 Å². The summed E-state index contributed by atoms with van der Waals surface area (Å²) in [5.74, 6) is 1.84. The fourth-order valence-corrected chi connectivity index (χ4v) is 4.81. The third kappa shape index (κ3) is 3.73. The molecular formula is C20H25N5O4. The molecule has 154 valence electrons. The first-order valence-corrected chi connectivity index (χ1v) is 10.2. The first-order chi connectivity index (χ1) is 14.0. The van der Waals surface area contributed by atoms with Gasteiger partial charge in [0.25, 0.3) is 0 Å². The lowest BCUT2D eigenvalue weighted by molar-refractivity contribution is -0.115. The van der Waals surface area contributed by atoms with Gasteiger partial charge in [-0.1, -0.05) is 5.16 Å². The number of carbonyl (C=O) groups is 2. The molecule has 2 aromatic rings. The summed E-state index contributed by atoms with van der Waals surface area (Å²) in [5.41, 5.74) is 1.73. The number of aromatic amines is 1. The van der Waals surface area contributed by atoms with E-state index in [9.17, 15) is 9.59 Å². The highest BCUT2D eigenvalue weighted by molar-refractivity contribution is 5.91. The number of alkyl carbamates (subject to hydrolysis) is 1. The Labute approximate surface area is 167 Å². The highest BCUT2D eigenvalue weighted by Gasteiger charge is 2.57. The normalized spacial score (nSPS) is 29.6. The summed E-state index contributed by atoms with van der Waals surface area (Å²) >= 11 is 0. The molecular weight excluding hydrogens is 374 g/mol. The number of anilines is 1. The monoisotopic (exact) mass is 399 g/mol. The van der Waals surface area contributed by atoms with Crippen molar-refractivity contribution in [3.05, 3.63) is 29.3 Å². The zero-order chi connectivity index (χ0) is 20.0. The van der Waals surface area contributed by atoms with Crippen molar-refractivity contribution in [1.82, 2.24) is 20.7 Å². The number of H-pyrrole nitrogens is 1. The fourth-order valence-electron chi connectivity index (χ4n) is 4.81. The SMILES string of the molecule is Cc1cc(CC(=O)Nc2cc(C3CCC(OC(=O)NC45CC(C4)C5)C3)[nH]n2)on1. The van der Waals surface area contributed by atoms with Crippen LogP contribution in [0.5, 0.6) is 0 Å². The van der Waals surface area contributed by atoms with Gasteiger partial charge in [0.1, 0.15) is 11.9 Å². The van der Waals surface area contributed by atoms with Gasteiger partial charge in [-0.25, -0.2) is 4.79 Å². The van der Waals surface area contributed by atoms with Crippen molar-refractivity contribution < 1.29 is 18.8 Å². The number of nitrogens with zero attached hydrogens (tertiary/aromatic N) is 2. The summed E-state index contributed by atoms with van der Waals surface area (Å²) in [4.78, 5) is 24.3. The fraction of sp³-hybridized carbons (Fsp3) is 0.600. The average Bonchev–Trinajstić information content (AvgIpc) is 3.32. The second-order valence-electron chi connectivity index (χ2n) is 8.79. The van der Waals surface area contributed by atoms with Crippen molar-refractivity contribution in [2.75, 3.05) is 5.32 Å². The minimum absolute atomic E-state index is 0.0423. The van der Waals surface area contributed by atoms with Crippen LogP contribution in [0.15, 0.2) is 16.7 Å². The number of ether oxygens (including phenoxy) is 1. The number of hydrogen-bond acceptors (Lipinski definition) is 6. The van der Waals surface area contributed by atoms with Gasteiger partial charge in [-0.2, -0.15) is 5.10 Å². The number of carbonyl (C=O) groups excluding carboxylic acids is 2. The summed E-state index contributed by atoms with van der Waals surface area (Å²) in [6.45, 7) is 1.81. The number of hydrogen-bond donors (Lipinski definition) is 3. The zero-order valence-corrected chi connectivity index (χ0v) is 16.4. The van der Waals surface area contributed by atoms with Gasteiger partial charge in [0.2, 0.25) is 5.91 Å². The predicted molar refractivity (Wildman–Crippen MR) is 102 cm³/mol. The summed E-state index contributed by atoms with van der Waals surface area (Å²) < 4.78 is 10.7. The molecule has 4 saturated carbocycles. The molecule has 29 heavy (non-hydrogen) atoms. The minimum Gasteiger partial charge on any atom is -0.446 e. The Kier molecular flexibility index (Phi) is 4.33. The van der Waals surface area contributed by atoms with Crippen LogP contribution in [0, 0.1) is 12.8 Å². The molecule has 0 aliphatic heterocycles. The second kappa shape index (κ2) is 6.89. The Bertz CT molecular complexity index is 918. The molecule has 6 rings (SSSR count). The smallest absolute Gasteiger partial charge is 0.407 e. The maximum atomic E-state index is 12.1. The van der Waals surface area contributed by atoms with Gasteiger partial charge in [-0.3, -0.25) is 9.89 Å². The summed E-state index contributed by atoms with van der Waals surface area (Å²) in [6.07, 6.45) is 5.57. The highest BCUT2D eigenvalue weighted by Crippen LogP contribution is 2.57. The van der Waals surface area contributed by atoms with E-state index in [1.165, 1.54) is 0 Å². The van der Waals surface area contributed by atoms with Crippen LogP contribution < -0.4 is 10.6 Å². The summed E-state index contributed by atoms with van der Waals surface area (Å²) in [5, 5.41) is 16.8. The first kappa shape index (κ1) is 18.2. The number of aromatic nitrogens is 3. The van der Waals surface area contributed by atoms with Crippen LogP contribution in [0.1, 0.15) is 61.6 Å². The van der Waals surface area contributed by atoms with E-state index in [0.29, 0.717) is 11.6 Å². The molecule has 0 saturated heterocycles. The van der Waals surface area contributed by atoms with Gasteiger partial charge in [0.05, 0.1) is 12.1 Å². The van der Waals surface area contributed by atoms with E-state index >= 15 is 0 Å². The van der Waals surface area contributed by atoms with Gasteiger partial charge in [-0.15, -0.1) is 0 Å². The van der Waals surface area contributed by atoms with Crippen LogP contribution in [0.4, 0.5) is 10.6 Å². The summed E-state index contributed by atoms with van der Waals surface area (Å²) in [7, 11) is 0. The van der Waals surface area contributed by atoms with Crippen molar-refractivity contribution in [3.63, 3.8) is 0 Å². The van der Waals surface area contributed by atoms with E-state index in [2.05, 4.69) is 26.0 Å². The molecule has 4 aliphatic rings. The van der Waals surface area contributed by atoms with Crippen molar-refractivity contribution in [2.24, 2.45) is 5.92 Å². The largest absolute Gasteiger partial charge is 0.446 e. The van der Waals surface area contributed by atoms with E-state index in [0.717, 1.165) is 55.8 Å². The van der Waals surface area contributed by atoms with Crippen LogP contribution >= 0.6 is 0 Å². The average molecular weight is 399 g/mol. The van der Waals surface area contributed by atoms with Crippen molar-refractivity contribution in [1.29, 1.82) is 0 Å². The molecule has 2 unspecified atom stereocenters. The minimum atomic E-state index is -0.283. The lowest BCUT2D eigenvalue weighted by Gasteiger charge is -2.61. The topological polar surface area (TPSA) is 122 Å². The van der Waals surface area contributed by atoms with Crippen LogP contribution in [0.25, 0.3) is 0 Å². The molecule has 3 N–H and O–H groups in total. The number of amides is 2. The molecule has 2 aromatic heterocycles. The van der Waals surface area contributed by atoms with Gasteiger partial charge >= 0.3 is 6.09 Å². The van der Waals surface area contributed by atoms with E-state index in [4.69, 9.17) is 9.26 Å². The van der Waals surface area contributed by atoms with Crippen LogP contribution in [-0.2, 0) is 16.0 Å². The molecule has 2 atom stereocenters. The molecule has 4 aliphatic carbocycles. The summed E-state index contributed by atoms with van der Waals surface area (Å²) in [6, 6.07) is 3.58. The molecule has 2 heterocycles. The lowest BCUT2D eigenvalue weighted by atomic mass is 9.50. The number of aryl methyl sites for hydroxylation is 1. The zero-order valence-electron chi connectivity index (χ0n) is 16.4. The Morgan fingerprint density at radius 1 is 1.31 bits per heavy atom. The third-order valence-electron chi connectivity index (χ3n) is 6.38. The Hall–Kier alpha value is -2.84. The van der Waals surface area contributed by atoms with Gasteiger partial charge < -0.3 is 19.9 Å². The molecule has 0 aromatic carbocycles. The highest BCUT2D eigenvalue weighted by atomic mass is 16.6. The molecule has 0 radical (unpaired) electrons. The number of rotatable bonds is 6. The van der Waals surface area contributed by atoms with Crippen molar-refractivity contribution in [2.45, 2.75) is 69.4 Å². The van der Waals surface area contributed by atoms with Gasteiger partial charge in [0.15, 0.2) is 5.82 Å². The standard InChI is InChI=1S/C20H25N5O4/c1-11-4-15(29-25-11)6-18(26)21-17-7-16(23-24-17)13-2-3-14(5-13)28-19(27)22-20-8-12(9-20)10-20/h4,7,12-14H,2-3,5-6,8-10H2,1H3,(H,22,27)(H2,21,23,24,26). The van der Waals surface area contributed by atoms with Crippen LogP contribution in [-0.4, -0.2) is 39.0 Å². The molecule has 2 bridgehead atoms. The maximum absolute atomic E-state index is 12.1. The van der Waals surface area contributed by atoms with Crippen LogP contribution in [0.3, 0.4) is 0 Å². The Balaban J connectivity index is 1.10. The molecule has 9 heteroatoms. The van der Waals surface area contributed by atoms with E-state index in [1.807, 2.05) is 13.0 Å². The Morgan fingerprint density at radius 3 is 2.83 bits per heavy atom. The van der Waals surface area contributed by atoms with Crippen LogP contribution in [0.2, 0.25) is 0 Å². The van der Waals surface area contributed by atoms with Crippen molar-refractivity contribution >= 4 is 17.8 Å². The van der Waals surface area contributed by atoms with E-state index in [-0.39, 0.29) is 36.0 Å². The first-order valence-electron chi connectivity index (χ1n) is 10.2. The van der Waals surface area contributed by atoms with E-state index < -0.39 is 0 Å². The van der Waals surface area contributed by atoms with Gasteiger partial charge in [-0.05, 0) is 51.4 Å². The third-order valence-corrected chi connectivity index (χ3v) is 6.38. The molecule has 4 fully saturated rings. The van der Waals surface area contributed by atoms with Gasteiger partial charge in [0, 0.05) is 29.3 Å². The molecule has 2 amide bonds. The number of nitrogens with one attached hydrogen (secondary N) is 3. The van der Waals surface area contributed by atoms with Crippen molar-refractivity contribution in [3.8, 4) is 0 Å². The maximum Gasteiger partial charge on any atom is 0.407 e.